The van der Waals surface area contributed by atoms with Crippen molar-refractivity contribution >= 4 is 5.69 Å². The SMILES string of the molecule is C[C@@H](CO)NCC1CCN(c2ccc3c(c2)Cn2cc(-c4ccc(C#N)cc4)cc2-c2nncn2-3)C1. The highest BCUT2D eigenvalue weighted by Gasteiger charge is 2.26. The second-order valence-corrected chi connectivity index (χ2v) is 9.86. The molecule has 0 radical (unpaired) electrons. The summed E-state index contributed by atoms with van der Waals surface area (Å²) in [6.07, 6.45) is 5.10. The van der Waals surface area contributed by atoms with Crippen LogP contribution in [0.2, 0.25) is 0 Å². The molecule has 1 saturated heterocycles. The molecule has 8 nitrogen and oxygen atoms in total. The Hall–Kier alpha value is -3.93. The molecule has 2 aliphatic heterocycles. The molecular weight excluding hydrogens is 450 g/mol. The fourth-order valence-electron chi connectivity index (χ4n) is 5.29. The third-order valence-electron chi connectivity index (χ3n) is 7.36. The molecule has 0 saturated carbocycles. The average Bonchev–Trinajstić information content (AvgIpc) is 3.66. The molecule has 4 aromatic rings. The van der Waals surface area contributed by atoms with Crippen molar-refractivity contribution in [2.24, 2.45) is 5.92 Å². The van der Waals surface area contributed by atoms with E-state index in [2.05, 4.69) is 66.1 Å². The number of hydrogen-bond acceptors (Lipinski definition) is 6. The molecule has 0 spiro atoms. The molecule has 1 fully saturated rings. The van der Waals surface area contributed by atoms with Crippen LogP contribution in [0.15, 0.2) is 61.1 Å². The molecule has 1 unspecified atom stereocenters. The van der Waals surface area contributed by atoms with Gasteiger partial charge in [-0.3, -0.25) is 4.57 Å². The number of nitrogens with one attached hydrogen (secondary N) is 1. The molecule has 2 aromatic carbocycles. The predicted molar refractivity (Wildman–Crippen MR) is 139 cm³/mol. The van der Waals surface area contributed by atoms with Gasteiger partial charge in [0, 0.05) is 49.7 Å². The monoisotopic (exact) mass is 479 g/mol. The van der Waals surface area contributed by atoms with Gasteiger partial charge in [-0.05, 0) is 66.8 Å². The zero-order valence-electron chi connectivity index (χ0n) is 20.3. The Kier molecular flexibility index (Phi) is 5.80. The molecule has 2 aliphatic rings. The number of fused-ring (bicyclic) bond motifs is 5. The van der Waals surface area contributed by atoms with Crippen molar-refractivity contribution in [2.45, 2.75) is 25.9 Å². The van der Waals surface area contributed by atoms with E-state index >= 15 is 0 Å². The average molecular weight is 480 g/mol. The van der Waals surface area contributed by atoms with E-state index in [1.54, 1.807) is 6.33 Å². The van der Waals surface area contributed by atoms with Gasteiger partial charge < -0.3 is 19.9 Å². The summed E-state index contributed by atoms with van der Waals surface area (Å²) < 4.78 is 4.32. The second-order valence-electron chi connectivity index (χ2n) is 9.86. The topological polar surface area (TPSA) is 94.9 Å². The van der Waals surface area contributed by atoms with E-state index in [1.807, 2.05) is 31.2 Å². The Morgan fingerprint density at radius 2 is 2.03 bits per heavy atom. The molecule has 8 heteroatoms. The summed E-state index contributed by atoms with van der Waals surface area (Å²) in [5, 5.41) is 30.5. The Labute approximate surface area is 210 Å². The zero-order chi connectivity index (χ0) is 24.6. The zero-order valence-corrected chi connectivity index (χ0v) is 20.3. The number of rotatable bonds is 6. The van der Waals surface area contributed by atoms with Crippen molar-refractivity contribution in [2.75, 3.05) is 31.1 Å². The van der Waals surface area contributed by atoms with Crippen molar-refractivity contribution in [3.8, 4) is 34.4 Å². The molecule has 0 amide bonds. The largest absolute Gasteiger partial charge is 0.395 e. The van der Waals surface area contributed by atoms with E-state index in [1.165, 1.54) is 11.3 Å². The lowest BCUT2D eigenvalue weighted by Crippen LogP contribution is -2.34. The summed E-state index contributed by atoms with van der Waals surface area (Å²) in [6.45, 7) is 5.90. The lowest BCUT2D eigenvalue weighted by molar-refractivity contribution is 0.247. The lowest BCUT2D eigenvalue weighted by atomic mass is 10.1. The number of hydrogen-bond donors (Lipinski definition) is 2. The summed E-state index contributed by atoms with van der Waals surface area (Å²) in [7, 11) is 0. The highest BCUT2D eigenvalue weighted by molar-refractivity contribution is 5.72. The highest BCUT2D eigenvalue weighted by atomic mass is 16.3. The van der Waals surface area contributed by atoms with Gasteiger partial charge in [0.15, 0.2) is 5.82 Å². The van der Waals surface area contributed by atoms with Gasteiger partial charge >= 0.3 is 0 Å². The van der Waals surface area contributed by atoms with E-state index in [0.717, 1.165) is 60.9 Å². The summed E-state index contributed by atoms with van der Waals surface area (Å²) >= 11 is 0. The Balaban J connectivity index is 1.30. The van der Waals surface area contributed by atoms with Gasteiger partial charge in [-0.15, -0.1) is 10.2 Å². The molecule has 0 bridgehead atoms. The maximum absolute atomic E-state index is 9.29. The smallest absolute Gasteiger partial charge is 0.185 e. The Morgan fingerprint density at radius 1 is 1.17 bits per heavy atom. The van der Waals surface area contributed by atoms with E-state index in [-0.39, 0.29) is 12.6 Å². The van der Waals surface area contributed by atoms with E-state index in [9.17, 15) is 5.11 Å². The van der Waals surface area contributed by atoms with Crippen LogP contribution >= 0.6 is 0 Å². The van der Waals surface area contributed by atoms with Crippen LogP contribution in [-0.2, 0) is 6.54 Å². The van der Waals surface area contributed by atoms with Crippen molar-refractivity contribution in [3.05, 3.63) is 72.2 Å². The van der Waals surface area contributed by atoms with Gasteiger partial charge in [0.25, 0.3) is 0 Å². The molecule has 6 rings (SSSR count). The summed E-state index contributed by atoms with van der Waals surface area (Å²) in [4.78, 5) is 2.47. The van der Waals surface area contributed by atoms with E-state index in [4.69, 9.17) is 5.26 Å². The first-order valence-corrected chi connectivity index (χ1v) is 12.5. The number of aliphatic hydroxyl groups is 1. The number of aromatic nitrogens is 4. The summed E-state index contributed by atoms with van der Waals surface area (Å²) in [6, 6.07) is 18.9. The number of nitrogens with zero attached hydrogens (tertiary/aromatic N) is 6. The molecule has 2 atom stereocenters. The lowest BCUT2D eigenvalue weighted by Gasteiger charge is -2.21. The van der Waals surface area contributed by atoms with Gasteiger partial charge in [0.1, 0.15) is 6.33 Å². The third kappa shape index (κ3) is 4.06. The number of nitriles is 1. The molecule has 36 heavy (non-hydrogen) atoms. The Morgan fingerprint density at radius 3 is 2.83 bits per heavy atom. The van der Waals surface area contributed by atoms with Crippen LogP contribution in [0.1, 0.15) is 24.5 Å². The molecule has 2 N–H and O–H groups in total. The number of aliphatic hydroxyl groups excluding tert-OH is 1. The first-order valence-electron chi connectivity index (χ1n) is 12.5. The van der Waals surface area contributed by atoms with Gasteiger partial charge in [0.05, 0.1) is 29.6 Å². The van der Waals surface area contributed by atoms with Crippen LogP contribution in [0.25, 0.3) is 28.3 Å². The second kappa shape index (κ2) is 9.26. The first-order chi connectivity index (χ1) is 17.6. The maximum Gasteiger partial charge on any atom is 0.185 e. The quantitative estimate of drug-likeness (QED) is 0.388. The van der Waals surface area contributed by atoms with Crippen LogP contribution in [-0.4, -0.2) is 56.7 Å². The minimum atomic E-state index is 0.134. The van der Waals surface area contributed by atoms with Gasteiger partial charge in [-0.1, -0.05) is 12.1 Å². The summed E-state index contributed by atoms with van der Waals surface area (Å²) in [5.41, 5.74) is 7.42. The van der Waals surface area contributed by atoms with Crippen molar-refractivity contribution in [1.29, 1.82) is 5.26 Å². The number of anilines is 1. The fourth-order valence-corrected chi connectivity index (χ4v) is 5.29. The molecule has 0 aliphatic carbocycles. The molecule has 4 heterocycles. The fraction of sp³-hybridized carbons (Fsp3) is 0.321. The van der Waals surface area contributed by atoms with Gasteiger partial charge in [-0.25, -0.2) is 0 Å². The standard InChI is InChI=1S/C28H29N7O/c1-19(17-36)30-13-21-8-9-33(14-21)25-6-7-26-24(10-25)16-34-15-23(22-4-2-20(12-29)3-5-22)11-27(34)28-32-31-18-35(26)28/h2-7,10-11,15,18-19,21,30,36H,8-9,13-14,16-17H2,1H3/t19-,21?/m0/s1. The third-order valence-corrected chi connectivity index (χ3v) is 7.36. The minimum absolute atomic E-state index is 0.134. The van der Waals surface area contributed by atoms with E-state index < -0.39 is 0 Å². The molecular formula is C28H29N7O. The predicted octanol–water partition coefficient (Wildman–Crippen LogP) is 3.43. The normalized spacial score (nSPS) is 17.1. The van der Waals surface area contributed by atoms with E-state index in [0.29, 0.717) is 11.5 Å². The first kappa shape index (κ1) is 22.5. The maximum atomic E-state index is 9.29. The summed E-state index contributed by atoms with van der Waals surface area (Å²) in [5.74, 6) is 1.40. The minimum Gasteiger partial charge on any atom is -0.395 e. The van der Waals surface area contributed by atoms with Crippen LogP contribution in [0.4, 0.5) is 5.69 Å². The van der Waals surface area contributed by atoms with Crippen LogP contribution in [0.3, 0.4) is 0 Å². The molecule has 2 aromatic heterocycles. The Bertz CT molecular complexity index is 1430. The van der Waals surface area contributed by atoms with Crippen LogP contribution in [0, 0.1) is 17.2 Å². The number of benzene rings is 2. The van der Waals surface area contributed by atoms with Crippen LogP contribution < -0.4 is 10.2 Å². The van der Waals surface area contributed by atoms with Gasteiger partial charge in [-0.2, -0.15) is 5.26 Å². The van der Waals surface area contributed by atoms with Gasteiger partial charge in [0.2, 0.25) is 0 Å². The van der Waals surface area contributed by atoms with Crippen LogP contribution in [0.5, 0.6) is 0 Å². The molecule has 182 valence electrons. The highest BCUT2D eigenvalue weighted by Crippen LogP contribution is 2.35. The van der Waals surface area contributed by atoms with Crippen molar-refractivity contribution in [3.63, 3.8) is 0 Å². The van der Waals surface area contributed by atoms with Crippen molar-refractivity contribution in [1.82, 2.24) is 24.6 Å². The van der Waals surface area contributed by atoms with Crippen molar-refractivity contribution < 1.29 is 5.11 Å².